The second-order valence-electron chi connectivity index (χ2n) is 5.89. The predicted molar refractivity (Wildman–Crippen MR) is 105 cm³/mol. The summed E-state index contributed by atoms with van der Waals surface area (Å²) in [5.41, 5.74) is 1.36. The van der Waals surface area contributed by atoms with Gasteiger partial charge in [0.15, 0.2) is 0 Å². The number of carbonyl (C=O) groups is 2. The zero-order valence-electron chi connectivity index (χ0n) is 15.3. The Hall–Kier alpha value is -3.80. The molecule has 0 saturated heterocycles. The lowest BCUT2D eigenvalue weighted by molar-refractivity contribution is -0.117. The van der Waals surface area contributed by atoms with E-state index < -0.39 is 5.91 Å². The fourth-order valence-corrected chi connectivity index (χ4v) is 2.58. The number of carbonyl (C=O) groups excluding carboxylic acids is 2. The Bertz CT molecular complexity index is 963. The molecule has 6 nitrogen and oxygen atoms in total. The van der Waals surface area contributed by atoms with Crippen molar-refractivity contribution in [3.63, 3.8) is 0 Å². The Morgan fingerprint density at radius 2 is 1.75 bits per heavy atom. The molecule has 3 aromatic rings. The van der Waals surface area contributed by atoms with E-state index in [1.165, 1.54) is 12.3 Å². The Morgan fingerprint density at radius 3 is 2.46 bits per heavy atom. The normalized spacial score (nSPS) is 11.0. The van der Waals surface area contributed by atoms with Gasteiger partial charge in [0, 0.05) is 23.7 Å². The topological polar surface area (TPSA) is 80.6 Å². The average Bonchev–Trinajstić information content (AvgIpc) is 3.25. The smallest absolute Gasteiger partial charge is 0.268 e. The van der Waals surface area contributed by atoms with Crippen LogP contribution < -0.4 is 15.4 Å². The van der Waals surface area contributed by atoms with Crippen LogP contribution in [-0.2, 0) is 11.3 Å². The van der Waals surface area contributed by atoms with Gasteiger partial charge in [-0.1, -0.05) is 36.4 Å². The number of furan rings is 1. The van der Waals surface area contributed by atoms with Crippen molar-refractivity contribution in [3.05, 3.63) is 95.6 Å². The van der Waals surface area contributed by atoms with E-state index in [4.69, 9.17) is 9.15 Å². The van der Waals surface area contributed by atoms with Crippen LogP contribution in [0.3, 0.4) is 0 Å². The average molecular weight is 376 g/mol. The third kappa shape index (κ3) is 4.88. The van der Waals surface area contributed by atoms with Gasteiger partial charge >= 0.3 is 0 Å². The number of hydrogen-bond acceptors (Lipinski definition) is 4. The van der Waals surface area contributed by atoms with Crippen molar-refractivity contribution < 1.29 is 18.7 Å². The number of hydrogen-bond donors (Lipinski definition) is 2. The van der Waals surface area contributed by atoms with Gasteiger partial charge in [-0.25, -0.2) is 0 Å². The summed E-state index contributed by atoms with van der Waals surface area (Å²) in [6, 6.07) is 19.5. The van der Waals surface area contributed by atoms with Gasteiger partial charge in [-0.15, -0.1) is 0 Å². The molecule has 2 N–H and O–H groups in total. The fourth-order valence-electron chi connectivity index (χ4n) is 2.58. The monoisotopic (exact) mass is 376 g/mol. The summed E-state index contributed by atoms with van der Waals surface area (Å²) in [5.74, 6) is 0.306. The van der Waals surface area contributed by atoms with Crippen molar-refractivity contribution in [3.8, 4) is 5.75 Å². The lowest BCUT2D eigenvalue weighted by Gasteiger charge is -2.12. The number of para-hydroxylation sites is 1. The molecule has 2 amide bonds. The molecule has 0 aliphatic rings. The van der Waals surface area contributed by atoms with Gasteiger partial charge in [0.2, 0.25) is 0 Å². The highest BCUT2D eigenvalue weighted by Crippen LogP contribution is 2.17. The minimum atomic E-state index is -0.438. The second kappa shape index (κ2) is 9.23. The highest BCUT2D eigenvalue weighted by Gasteiger charge is 2.15. The largest absolute Gasteiger partial charge is 0.496 e. The lowest BCUT2D eigenvalue weighted by Crippen LogP contribution is -2.34. The van der Waals surface area contributed by atoms with E-state index >= 15 is 0 Å². The molecule has 0 aliphatic heterocycles. The van der Waals surface area contributed by atoms with E-state index in [0.29, 0.717) is 17.1 Å². The third-order valence-electron chi connectivity index (χ3n) is 3.99. The second-order valence-corrected chi connectivity index (χ2v) is 5.89. The minimum absolute atomic E-state index is 0.0821. The van der Waals surface area contributed by atoms with Crippen molar-refractivity contribution in [2.45, 2.75) is 6.54 Å². The highest BCUT2D eigenvalue weighted by molar-refractivity contribution is 6.05. The number of benzene rings is 2. The SMILES string of the molecule is COc1ccccc1CNC(=O)/C(=C\c1ccco1)NC(=O)c1ccccc1. The minimum Gasteiger partial charge on any atom is -0.496 e. The number of rotatable bonds is 7. The Labute approximate surface area is 162 Å². The summed E-state index contributed by atoms with van der Waals surface area (Å²) in [4.78, 5) is 25.2. The van der Waals surface area contributed by atoms with Crippen molar-refractivity contribution in [2.75, 3.05) is 7.11 Å². The molecule has 2 aromatic carbocycles. The first-order valence-electron chi connectivity index (χ1n) is 8.69. The zero-order chi connectivity index (χ0) is 19.8. The van der Waals surface area contributed by atoms with Crippen LogP contribution in [0.15, 0.2) is 83.1 Å². The van der Waals surface area contributed by atoms with E-state index in [1.807, 2.05) is 30.3 Å². The number of ether oxygens (including phenoxy) is 1. The van der Waals surface area contributed by atoms with Crippen LogP contribution in [-0.4, -0.2) is 18.9 Å². The molecule has 6 heteroatoms. The Balaban J connectivity index is 1.76. The maximum Gasteiger partial charge on any atom is 0.268 e. The fraction of sp³-hybridized carbons (Fsp3) is 0.0909. The highest BCUT2D eigenvalue weighted by atomic mass is 16.5. The molecule has 0 bridgehead atoms. The standard InChI is InChI=1S/C22H20N2O4/c1-27-20-12-6-5-10-17(20)15-23-22(26)19(14-18-11-7-13-28-18)24-21(25)16-8-3-2-4-9-16/h2-14H,15H2,1H3,(H,23,26)(H,24,25)/b19-14+. The maximum atomic E-state index is 12.7. The summed E-state index contributed by atoms with van der Waals surface area (Å²) < 4.78 is 10.6. The van der Waals surface area contributed by atoms with Crippen molar-refractivity contribution >= 4 is 17.9 Å². The van der Waals surface area contributed by atoms with Crippen LogP contribution in [0, 0.1) is 0 Å². The van der Waals surface area contributed by atoms with Gasteiger partial charge in [-0.3, -0.25) is 9.59 Å². The summed E-state index contributed by atoms with van der Waals surface area (Å²) in [5, 5.41) is 5.45. The van der Waals surface area contributed by atoms with Crippen LogP contribution in [0.4, 0.5) is 0 Å². The molecule has 1 aromatic heterocycles. The molecular weight excluding hydrogens is 356 g/mol. The maximum absolute atomic E-state index is 12.7. The molecule has 3 rings (SSSR count). The van der Waals surface area contributed by atoms with Gasteiger partial charge in [-0.2, -0.15) is 0 Å². The zero-order valence-corrected chi connectivity index (χ0v) is 15.3. The van der Waals surface area contributed by atoms with E-state index in [2.05, 4.69) is 10.6 Å². The molecule has 0 unspecified atom stereocenters. The summed E-state index contributed by atoms with van der Waals surface area (Å²) in [6.07, 6.45) is 2.98. The predicted octanol–water partition coefficient (Wildman–Crippen LogP) is 3.38. The van der Waals surface area contributed by atoms with Crippen LogP contribution in [0.1, 0.15) is 21.7 Å². The van der Waals surface area contributed by atoms with E-state index in [1.54, 1.807) is 43.5 Å². The van der Waals surface area contributed by atoms with Crippen molar-refractivity contribution in [2.24, 2.45) is 0 Å². The first kappa shape index (κ1) is 19.0. The van der Waals surface area contributed by atoms with Crippen LogP contribution in [0.25, 0.3) is 6.08 Å². The third-order valence-corrected chi connectivity index (χ3v) is 3.99. The summed E-state index contributed by atoms with van der Waals surface area (Å²) >= 11 is 0. The van der Waals surface area contributed by atoms with Gasteiger partial charge in [0.05, 0.1) is 13.4 Å². The van der Waals surface area contributed by atoms with E-state index in [0.717, 1.165) is 5.56 Å². The molecule has 0 saturated carbocycles. The van der Waals surface area contributed by atoms with Crippen molar-refractivity contribution in [1.82, 2.24) is 10.6 Å². The molecule has 0 fully saturated rings. The van der Waals surface area contributed by atoms with Crippen LogP contribution in [0.2, 0.25) is 0 Å². The van der Waals surface area contributed by atoms with Crippen LogP contribution >= 0.6 is 0 Å². The quantitative estimate of drug-likeness (QED) is 0.620. The first-order valence-corrected chi connectivity index (χ1v) is 8.69. The number of nitrogens with one attached hydrogen (secondary N) is 2. The summed E-state index contributed by atoms with van der Waals surface area (Å²) in [7, 11) is 1.57. The molecule has 28 heavy (non-hydrogen) atoms. The molecule has 142 valence electrons. The molecule has 0 aliphatic carbocycles. The number of amides is 2. The van der Waals surface area contributed by atoms with E-state index in [-0.39, 0.29) is 18.1 Å². The first-order chi connectivity index (χ1) is 13.7. The van der Waals surface area contributed by atoms with Crippen LogP contribution in [0.5, 0.6) is 5.75 Å². The molecule has 0 spiro atoms. The molecule has 0 radical (unpaired) electrons. The Morgan fingerprint density at radius 1 is 1.00 bits per heavy atom. The molecule has 1 heterocycles. The Kier molecular flexibility index (Phi) is 6.25. The molecular formula is C22H20N2O4. The van der Waals surface area contributed by atoms with Gasteiger partial charge in [-0.05, 0) is 30.3 Å². The van der Waals surface area contributed by atoms with Gasteiger partial charge in [0.1, 0.15) is 17.2 Å². The lowest BCUT2D eigenvalue weighted by atomic mass is 10.2. The number of methoxy groups -OCH3 is 1. The summed E-state index contributed by atoms with van der Waals surface area (Å²) in [6.45, 7) is 0.250. The van der Waals surface area contributed by atoms with Gasteiger partial charge < -0.3 is 19.8 Å². The molecule has 0 atom stereocenters. The van der Waals surface area contributed by atoms with E-state index in [9.17, 15) is 9.59 Å². The van der Waals surface area contributed by atoms with Crippen molar-refractivity contribution in [1.29, 1.82) is 0 Å². The van der Waals surface area contributed by atoms with Gasteiger partial charge in [0.25, 0.3) is 11.8 Å².